The SMILES string of the molecule is CC(C)Oc1ccc(-c2nc(-c3ccc4c(c3)CCN(C(=O)CN3CCOCC3)CC4)no2)cc1C#N. The maximum Gasteiger partial charge on any atom is 0.258 e. The Balaban J connectivity index is 1.28. The number of hydrogen-bond donors (Lipinski definition) is 0. The highest BCUT2D eigenvalue weighted by atomic mass is 16.5. The fourth-order valence-corrected chi connectivity index (χ4v) is 4.73. The summed E-state index contributed by atoms with van der Waals surface area (Å²) in [5.41, 5.74) is 4.39. The lowest BCUT2D eigenvalue weighted by molar-refractivity contribution is -0.133. The van der Waals surface area contributed by atoms with Gasteiger partial charge < -0.3 is 18.9 Å². The van der Waals surface area contributed by atoms with Gasteiger partial charge in [0.1, 0.15) is 11.8 Å². The van der Waals surface area contributed by atoms with Crippen molar-refractivity contribution >= 4 is 5.91 Å². The normalized spacial score (nSPS) is 16.2. The fourth-order valence-electron chi connectivity index (χ4n) is 4.73. The smallest absolute Gasteiger partial charge is 0.258 e. The molecule has 5 rings (SSSR count). The fraction of sp³-hybridized carbons (Fsp3) is 0.429. The second kappa shape index (κ2) is 11.1. The van der Waals surface area contributed by atoms with Crippen molar-refractivity contribution in [3.8, 4) is 34.7 Å². The van der Waals surface area contributed by atoms with Crippen LogP contribution < -0.4 is 4.74 Å². The molecule has 0 radical (unpaired) electrons. The molecule has 0 bridgehead atoms. The summed E-state index contributed by atoms with van der Waals surface area (Å²) in [6.45, 7) is 8.70. The molecule has 1 fully saturated rings. The molecule has 37 heavy (non-hydrogen) atoms. The molecule has 2 aliphatic heterocycles. The molecule has 1 saturated heterocycles. The number of carbonyl (C=O) groups excluding carboxylic acids is 1. The van der Waals surface area contributed by atoms with E-state index in [2.05, 4.69) is 33.2 Å². The van der Waals surface area contributed by atoms with Crippen LogP contribution in [0.15, 0.2) is 40.9 Å². The van der Waals surface area contributed by atoms with E-state index in [1.807, 2.05) is 30.9 Å². The van der Waals surface area contributed by atoms with Crippen molar-refractivity contribution in [3.05, 3.63) is 53.1 Å². The zero-order chi connectivity index (χ0) is 25.8. The number of nitrogens with zero attached hydrogens (tertiary/aromatic N) is 5. The molecule has 1 aromatic heterocycles. The van der Waals surface area contributed by atoms with Crippen LogP contribution in [0.25, 0.3) is 22.8 Å². The Hall–Kier alpha value is -3.74. The molecule has 2 aromatic carbocycles. The Morgan fingerprint density at radius 3 is 2.57 bits per heavy atom. The average Bonchev–Trinajstić information content (AvgIpc) is 3.30. The van der Waals surface area contributed by atoms with Gasteiger partial charge in [0.2, 0.25) is 11.7 Å². The van der Waals surface area contributed by atoms with Crippen LogP contribution in [0, 0.1) is 11.3 Å². The molecule has 0 spiro atoms. The molecule has 3 heterocycles. The largest absolute Gasteiger partial charge is 0.490 e. The van der Waals surface area contributed by atoms with Crippen LogP contribution in [0.2, 0.25) is 0 Å². The highest BCUT2D eigenvalue weighted by Crippen LogP contribution is 2.29. The minimum absolute atomic E-state index is 0.0314. The van der Waals surface area contributed by atoms with E-state index in [1.165, 1.54) is 11.1 Å². The van der Waals surface area contributed by atoms with Gasteiger partial charge in [0.15, 0.2) is 0 Å². The molecule has 0 unspecified atom stereocenters. The van der Waals surface area contributed by atoms with Gasteiger partial charge in [-0.25, -0.2) is 0 Å². The summed E-state index contributed by atoms with van der Waals surface area (Å²) in [4.78, 5) is 21.6. The molecule has 9 nitrogen and oxygen atoms in total. The molecule has 192 valence electrons. The van der Waals surface area contributed by atoms with Crippen LogP contribution in [0.3, 0.4) is 0 Å². The number of rotatable bonds is 6. The number of amides is 1. The summed E-state index contributed by atoms with van der Waals surface area (Å²) in [5.74, 6) is 1.55. The number of nitriles is 1. The second-order valence-electron chi connectivity index (χ2n) is 9.67. The lowest BCUT2D eigenvalue weighted by atomic mass is 10.00. The summed E-state index contributed by atoms with van der Waals surface area (Å²) in [5, 5.41) is 13.7. The van der Waals surface area contributed by atoms with Crippen molar-refractivity contribution < 1.29 is 18.8 Å². The Morgan fingerprint density at radius 2 is 1.81 bits per heavy atom. The Labute approximate surface area is 216 Å². The zero-order valence-electron chi connectivity index (χ0n) is 21.3. The number of carbonyl (C=O) groups is 1. The predicted molar refractivity (Wildman–Crippen MR) is 137 cm³/mol. The van der Waals surface area contributed by atoms with Gasteiger partial charge in [-0.15, -0.1) is 0 Å². The van der Waals surface area contributed by atoms with Gasteiger partial charge in [-0.3, -0.25) is 9.69 Å². The van der Waals surface area contributed by atoms with Crippen molar-refractivity contribution in [3.63, 3.8) is 0 Å². The summed E-state index contributed by atoms with van der Waals surface area (Å²) in [6, 6.07) is 13.6. The van der Waals surface area contributed by atoms with Gasteiger partial charge in [0.05, 0.1) is 31.4 Å². The van der Waals surface area contributed by atoms with Crippen molar-refractivity contribution in [2.75, 3.05) is 45.9 Å². The molecule has 0 N–H and O–H groups in total. The molecular weight excluding hydrogens is 470 g/mol. The maximum atomic E-state index is 12.9. The molecule has 0 saturated carbocycles. The van der Waals surface area contributed by atoms with E-state index in [0.29, 0.717) is 54.9 Å². The minimum Gasteiger partial charge on any atom is -0.490 e. The van der Waals surface area contributed by atoms with Crippen LogP contribution in [-0.2, 0) is 22.4 Å². The second-order valence-corrected chi connectivity index (χ2v) is 9.67. The monoisotopic (exact) mass is 501 g/mol. The Kier molecular flexibility index (Phi) is 7.49. The van der Waals surface area contributed by atoms with Crippen molar-refractivity contribution in [1.29, 1.82) is 5.26 Å². The van der Waals surface area contributed by atoms with Crippen molar-refractivity contribution in [2.45, 2.75) is 32.8 Å². The average molecular weight is 502 g/mol. The van der Waals surface area contributed by atoms with E-state index in [4.69, 9.17) is 14.0 Å². The highest BCUT2D eigenvalue weighted by Gasteiger charge is 2.22. The first-order valence-corrected chi connectivity index (χ1v) is 12.7. The van der Waals surface area contributed by atoms with Gasteiger partial charge >= 0.3 is 0 Å². The lowest BCUT2D eigenvalue weighted by Crippen LogP contribution is -2.45. The first-order valence-electron chi connectivity index (χ1n) is 12.7. The molecule has 0 atom stereocenters. The number of hydrogen-bond acceptors (Lipinski definition) is 8. The van der Waals surface area contributed by atoms with Crippen LogP contribution >= 0.6 is 0 Å². The van der Waals surface area contributed by atoms with Gasteiger partial charge in [-0.1, -0.05) is 17.3 Å². The van der Waals surface area contributed by atoms with Crippen molar-refractivity contribution in [1.82, 2.24) is 19.9 Å². The number of aromatic nitrogens is 2. The molecular formula is C28H31N5O4. The third-order valence-corrected chi connectivity index (χ3v) is 6.72. The van der Waals surface area contributed by atoms with E-state index >= 15 is 0 Å². The number of morpholine rings is 1. The Morgan fingerprint density at radius 1 is 1.05 bits per heavy atom. The van der Waals surface area contributed by atoms with E-state index in [1.54, 1.807) is 12.1 Å². The lowest BCUT2D eigenvalue weighted by Gasteiger charge is -2.29. The zero-order valence-corrected chi connectivity index (χ0v) is 21.3. The summed E-state index contributed by atoms with van der Waals surface area (Å²) in [7, 11) is 0. The molecule has 9 heteroatoms. The van der Waals surface area contributed by atoms with Crippen LogP contribution in [0.1, 0.15) is 30.5 Å². The summed E-state index contributed by atoms with van der Waals surface area (Å²) < 4.78 is 16.6. The highest BCUT2D eigenvalue weighted by molar-refractivity contribution is 5.78. The third kappa shape index (κ3) is 5.82. The molecule has 0 aliphatic carbocycles. The predicted octanol–water partition coefficient (Wildman–Crippen LogP) is 3.32. The Bertz CT molecular complexity index is 1310. The topological polar surface area (TPSA) is 105 Å². The number of fused-ring (bicyclic) bond motifs is 1. The molecule has 1 amide bonds. The third-order valence-electron chi connectivity index (χ3n) is 6.72. The standard InChI is InChI=1S/C28H31N5O4/c1-19(2)36-25-6-5-23(16-24(25)17-29)28-30-27(31-37-28)22-4-3-20-7-9-33(10-8-21(20)15-22)26(34)18-32-11-13-35-14-12-32/h3-6,15-16,19H,7-14,18H2,1-2H3. The van der Waals surface area contributed by atoms with Gasteiger partial charge in [0.25, 0.3) is 5.89 Å². The van der Waals surface area contributed by atoms with Gasteiger partial charge in [0, 0.05) is 37.3 Å². The number of ether oxygens (including phenoxy) is 2. The minimum atomic E-state index is -0.0314. The van der Waals surface area contributed by atoms with Crippen LogP contribution in [-0.4, -0.2) is 77.9 Å². The van der Waals surface area contributed by atoms with Gasteiger partial charge in [-0.2, -0.15) is 10.2 Å². The molecule has 2 aliphatic rings. The van der Waals surface area contributed by atoms with E-state index in [9.17, 15) is 10.1 Å². The summed E-state index contributed by atoms with van der Waals surface area (Å²) in [6.07, 6.45) is 1.58. The van der Waals surface area contributed by atoms with E-state index in [0.717, 1.165) is 38.0 Å². The van der Waals surface area contributed by atoms with E-state index < -0.39 is 0 Å². The number of benzene rings is 2. The van der Waals surface area contributed by atoms with Gasteiger partial charge in [-0.05, 0) is 62.1 Å². The van der Waals surface area contributed by atoms with Crippen LogP contribution in [0.4, 0.5) is 0 Å². The first kappa shape index (κ1) is 24.9. The van der Waals surface area contributed by atoms with Crippen LogP contribution in [0.5, 0.6) is 5.75 Å². The van der Waals surface area contributed by atoms with Crippen molar-refractivity contribution in [2.24, 2.45) is 0 Å². The maximum absolute atomic E-state index is 12.9. The summed E-state index contributed by atoms with van der Waals surface area (Å²) >= 11 is 0. The van der Waals surface area contributed by atoms with E-state index in [-0.39, 0.29) is 12.0 Å². The first-order chi connectivity index (χ1) is 18.0. The molecule has 3 aromatic rings. The quantitative estimate of drug-likeness (QED) is 0.507.